The molecular weight excluding hydrogens is 300 g/mol. The lowest BCUT2D eigenvalue weighted by molar-refractivity contribution is -0.0357. The molecule has 0 unspecified atom stereocenters. The Morgan fingerprint density at radius 1 is 1.08 bits per heavy atom. The van der Waals surface area contributed by atoms with E-state index in [4.69, 9.17) is 4.74 Å². The summed E-state index contributed by atoms with van der Waals surface area (Å²) in [5, 5.41) is 10.6. The van der Waals surface area contributed by atoms with E-state index in [2.05, 4.69) is 34.9 Å². The van der Waals surface area contributed by atoms with Crippen LogP contribution in [0.25, 0.3) is 0 Å². The molecule has 2 aliphatic heterocycles. The van der Waals surface area contributed by atoms with Crippen LogP contribution in [-0.2, 0) is 13.1 Å². The minimum Gasteiger partial charge on any atom is -0.496 e. The summed E-state index contributed by atoms with van der Waals surface area (Å²) in [7, 11) is 1.76. The molecule has 4 heteroatoms. The Bertz CT molecular complexity index is 542. The summed E-state index contributed by atoms with van der Waals surface area (Å²) in [4.78, 5) is 4.91. The molecule has 1 atom stereocenters. The fourth-order valence-corrected chi connectivity index (χ4v) is 4.12. The van der Waals surface area contributed by atoms with Gasteiger partial charge in [-0.3, -0.25) is 9.80 Å². The van der Waals surface area contributed by atoms with E-state index in [1.807, 2.05) is 0 Å². The van der Waals surface area contributed by atoms with E-state index in [0.717, 1.165) is 51.2 Å². The predicted octanol–water partition coefficient (Wildman–Crippen LogP) is 3.03. The smallest absolute Gasteiger partial charge is 0.123 e. The molecule has 0 amide bonds. The van der Waals surface area contributed by atoms with Crippen molar-refractivity contribution >= 4 is 0 Å². The zero-order chi connectivity index (χ0) is 17.0. The minimum absolute atomic E-state index is 0.497. The van der Waals surface area contributed by atoms with Crippen LogP contribution in [0.15, 0.2) is 18.2 Å². The van der Waals surface area contributed by atoms with E-state index >= 15 is 0 Å². The van der Waals surface area contributed by atoms with Gasteiger partial charge in [0, 0.05) is 25.2 Å². The molecule has 3 rings (SSSR count). The average molecular weight is 332 g/mol. The molecule has 1 aromatic rings. The first-order valence-electron chi connectivity index (χ1n) is 9.45. The highest BCUT2D eigenvalue weighted by molar-refractivity contribution is 5.37. The molecule has 0 spiro atoms. The molecule has 2 saturated heterocycles. The molecule has 4 nitrogen and oxygen atoms in total. The Labute approximate surface area is 146 Å². The van der Waals surface area contributed by atoms with E-state index in [0.29, 0.717) is 0 Å². The first kappa shape index (κ1) is 17.7. The number of piperidine rings is 1. The lowest BCUT2D eigenvalue weighted by Gasteiger charge is -2.38. The number of nitrogens with zero attached hydrogens (tertiary/aromatic N) is 2. The number of benzene rings is 1. The summed E-state index contributed by atoms with van der Waals surface area (Å²) < 4.78 is 5.57. The average Bonchev–Trinajstić information content (AvgIpc) is 3.08. The fraction of sp³-hybridized carbons (Fsp3) is 0.700. The van der Waals surface area contributed by atoms with Crippen LogP contribution in [-0.4, -0.2) is 53.8 Å². The highest BCUT2D eigenvalue weighted by atomic mass is 16.5. The Hall–Kier alpha value is -1.10. The summed E-state index contributed by atoms with van der Waals surface area (Å²) in [6.07, 6.45) is 5.48. The molecule has 2 aliphatic rings. The number of likely N-dealkylation sites (tertiary alicyclic amines) is 2. The zero-order valence-electron chi connectivity index (χ0n) is 15.3. The van der Waals surface area contributed by atoms with Crippen molar-refractivity contribution in [1.29, 1.82) is 0 Å². The van der Waals surface area contributed by atoms with Crippen molar-refractivity contribution in [2.45, 2.75) is 57.7 Å². The number of aliphatic hydroxyl groups is 1. The van der Waals surface area contributed by atoms with Crippen molar-refractivity contribution in [3.05, 3.63) is 29.3 Å². The standard InChI is InChI=1S/C20H32N2O2/c1-3-20(23)9-6-12-22(16-20)14-17-7-8-19(24-2)18(13-17)15-21-10-4-5-11-21/h7-8,13,23H,3-6,9-12,14-16H2,1-2H3/t20-/m1/s1. The molecule has 0 aliphatic carbocycles. The highest BCUT2D eigenvalue weighted by Crippen LogP contribution is 2.27. The first-order chi connectivity index (χ1) is 11.6. The van der Waals surface area contributed by atoms with E-state index < -0.39 is 5.60 Å². The van der Waals surface area contributed by atoms with E-state index in [9.17, 15) is 5.11 Å². The molecule has 1 N–H and O–H groups in total. The third-order valence-corrected chi connectivity index (χ3v) is 5.64. The van der Waals surface area contributed by atoms with E-state index in [-0.39, 0.29) is 0 Å². The van der Waals surface area contributed by atoms with Crippen LogP contribution in [0.3, 0.4) is 0 Å². The number of ether oxygens (including phenoxy) is 1. The topological polar surface area (TPSA) is 35.9 Å². The summed E-state index contributed by atoms with van der Waals surface area (Å²) in [6.45, 7) is 8.25. The van der Waals surface area contributed by atoms with Crippen LogP contribution < -0.4 is 4.74 Å². The molecule has 134 valence electrons. The van der Waals surface area contributed by atoms with Crippen LogP contribution in [0.1, 0.15) is 50.2 Å². The van der Waals surface area contributed by atoms with E-state index in [1.165, 1.54) is 37.1 Å². The number of methoxy groups -OCH3 is 1. The van der Waals surface area contributed by atoms with Crippen molar-refractivity contribution in [3.8, 4) is 5.75 Å². The second kappa shape index (κ2) is 7.85. The van der Waals surface area contributed by atoms with Crippen molar-refractivity contribution in [2.24, 2.45) is 0 Å². The molecule has 0 aromatic heterocycles. The Kier molecular flexibility index (Phi) is 5.80. The second-order valence-electron chi connectivity index (χ2n) is 7.52. The van der Waals surface area contributed by atoms with Crippen LogP contribution in [0, 0.1) is 0 Å². The molecular formula is C20H32N2O2. The van der Waals surface area contributed by atoms with Crippen molar-refractivity contribution in [2.75, 3.05) is 33.3 Å². The van der Waals surface area contributed by atoms with Gasteiger partial charge in [-0.05, 0) is 69.4 Å². The van der Waals surface area contributed by atoms with Crippen LogP contribution in [0.5, 0.6) is 5.75 Å². The molecule has 1 aromatic carbocycles. The van der Waals surface area contributed by atoms with Gasteiger partial charge in [0.05, 0.1) is 12.7 Å². The molecule has 0 saturated carbocycles. The van der Waals surface area contributed by atoms with Gasteiger partial charge in [-0.2, -0.15) is 0 Å². The molecule has 2 heterocycles. The van der Waals surface area contributed by atoms with Gasteiger partial charge < -0.3 is 9.84 Å². The maximum atomic E-state index is 10.6. The van der Waals surface area contributed by atoms with Gasteiger partial charge in [-0.25, -0.2) is 0 Å². The zero-order valence-corrected chi connectivity index (χ0v) is 15.3. The van der Waals surface area contributed by atoms with Crippen molar-refractivity contribution < 1.29 is 9.84 Å². The van der Waals surface area contributed by atoms with Gasteiger partial charge in [-0.15, -0.1) is 0 Å². The monoisotopic (exact) mass is 332 g/mol. The Morgan fingerprint density at radius 3 is 2.54 bits per heavy atom. The maximum absolute atomic E-state index is 10.6. The number of hydrogen-bond donors (Lipinski definition) is 1. The Morgan fingerprint density at radius 2 is 1.83 bits per heavy atom. The van der Waals surface area contributed by atoms with E-state index in [1.54, 1.807) is 7.11 Å². The fourth-order valence-electron chi connectivity index (χ4n) is 4.12. The highest BCUT2D eigenvalue weighted by Gasteiger charge is 2.31. The molecule has 24 heavy (non-hydrogen) atoms. The summed E-state index contributed by atoms with van der Waals surface area (Å²) >= 11 is 0. The summed E-state index contributed by atoms with van der Waals surface area (Å²) in [6, 6.07) is 6.58. The van der Waals surface area contributed by atoms with Gasteiger partial charge >= 0.3 is 0 Å². The van der Waals surface area contributed by atoms with Crippen molar-refractivity contribution in [1.82, 2.24) is 9.80 Å². The lowest BCUT2D eigenvalue weighted by atomic mass is 9.90. The number of β-amino-alcohol motifs (C(OH)–C–C–N with tert-alkyl or cyclic N) is 1. The minimum atomic E-state index is -0.497. The van der Waals surface area contributed by atoms with Gasteiger partial charge in [0.25, 0.3) is 0 Å². The van der Waals surface area contributed by atoms with Crippen LogP contribution >= 0.6 is 0 Å². The van der Waals surface area contributed by atoms with Crippen molar-refractivity contribution in [3.63, 3.8) is 0 Å². The van der Waals surface area contributed by atoms with Gasteiger partial charge in [0.2, 0.25) is 0 Å². The molecule has 2 fully saturated rings. The normalized spacial score (nSPS) is 26.0. The lowest BCUT2D eigenvalue weighted by Crippen LogP contribution is -2.47. The summed E-state index contributed by atoms with van der Waals surface area (Å²) in [5.41, 5.74) is 2.12. The Balaban J connectivity index is 1.69. The SMILES string of the molecule is CC[C@@]1(O)CCCN(Cc2ccc(OC)c(CN3CCCC3)c2)C1. The van der Waals surface area contributed by atoms with Gasteiger partial charge in [0.15, 0.2) is 0 Å². The predicted molar refractivity (Wildman–Crippen MR) is 97.3 cm³/mol. The second-order valence-corrected chi connectivity index (χ2v) is 7.52. The van der Waals surface area contributed by atoms with Gasteiger partial charge in [0.1, 0.15) is 5.75 Å². The van der Waals surface area contributed by atoms with Crippen LogP contribution in [0.2, 0.25) is 0 Å². The third kappa shape index (κ3) is 4.29. The van der Waals surface area contributed by atoms with Crippen LogP contribution in [0.4, 0.5) is 0 Å². The third-order valence-electron chi connectivity index (χ3n) is 5.64. The quantitative estimate of drug-likeness (QED) is 0.869. The molecule has 0 radical (unpaired) electrons. The van der Waals surface area contributed by atoms with Gasteiger partial charge in [-0.1, -0.05) is 13.0 Å². The number of rotatable bonds is 6. The molecule has 0 bridgehead atoms. The largest absolute Gasteiger partial charge is 0.496 e. The maximum Gasteiger partial charge on any atom is 0.123 e. The number of hydrogen-bond acceptors (Lipinski definition) is 4. The summed E-state index contributed by atoms with van der Waals surface area (Å²) in [5.74, 6) is 0.995. The first-order valence-corrected chi connectivity index (χ1v) is 9.45.